The van der Waals surface area contributed by atoms with Gasteiger partial charge in [-0.3, -0.25) is 9.20 Å². The van der Waals surface area contributed by atoms with Crippen LogP contribution in [0.2, 0.25) is 0 Å². The lowest BCUT2D eigenvalue weighted by molar-refractivity contribution is 0.193. The lowest BCUT2D eigenvalue weighted by Gasteiger charge is -2.03. The number of ether oxygens (including phenoxy) is 1. The van der Waals surface area contributed by atoms with E-state index < -0.39 is 0 Å². The zero-order chi connectivity index (χ0) is 10.3. The predicted molar refractivity (Wildman–Crippen MR) is 51.8 cm³/mol. The van der Waals surface area contributed by atoms with Crippen LogP contribution < -0.4 is 5.56 Å². The first kappa shape index (κ1) is 8.60. The standard InChI is InChI=1S/C9H10N4O2/c14-9-8-12-11-7(6-1-4-15-5-6)13(8)3-2-10-9/h2-3,6H,1,4-5H2,(H,10,14). The van der Waals surface area contributed by atoms with E-state index in [1.54, 1.807) is 16.8 Å². The summed E-state index contributed by atoms with van der Waals surface area (Å²) in [4.78, 5) is 14.0. The summed E-state index contributed by atoms with van der Waals surface area (Å²) in [5.74, 6) is 1.07. The fourth-order valence-electron chi connectivity index (χ4n) is 1.87. The van der Waals surface area contributed by atoms with E-state index in [1.165, 1.54) is 0 Å². The Balaban J connectivity index is 2.19. The third-order valence-electron chi connectivity index (χ3n) is 2.66. The molecule has 1 atom stereocenters. The van der Waals surface area contributed by atoms with Crippen LogP contribution in [0.25, 0.3) is 5.65 Å². The lowest BCUT2D eigenvalue weighted by atomic mass is 10.1. The summed E-state index contributed by atoms with van der Waals surface area (Å²) in [5.41, 5.74) is 0.134. The normalized spacial score (nSPS) is 21.2. The van der Waals surface area contributed by atoms with Gasteiger partial charge in [-0.2, -0.15) is 0 Å². The first-order valence-electron chi connectivity index (χ1n) is 4.86. The second-order valence-corrected chi connectivity index (χ2v) is 3.60. The van der Waals surface area contributed by atoms with Crippen LogP contribution in [0.3, 0.4) is 0 Å². The van der Waals surface area contributed by atoms with Crippen molar-refractivity contribution in [2.24, 2.45) is 0 Å². The number of rotatable bonds is 1. The molecule has 6 heteroatoms. The molecule has 2 aromatic rings. The maximum Gasteiger partial charge on any atom is 0.293 e. The van der Waals surface area contributed by atoms with E-state index >= 15 is 0 Å². The lowest BCUT2D eigenvalue weighted by Crippen LogP contribution is -2.11. The molecule has 78 valence electrons. The Kier molecular flexibility index (Phi) is 1.81. The highest BCUT2D eigenvalue weighted by molar-refractivity contribution is 5.34. The number of aromatic nitrogens is 4. The number of hydrogen-bond acceptors (Lipinski definition) is 4. The van der Waals surface area contributed by atoms with Crippen molar-refractivity contribution in [3.05, 3.63) is 28.6 Å². The number of H-pyrrole nitrogens is 1. The molecule has 1 fully saturated rings. The van der Waals surface area contributed by atoms with Gasteiger partial charge in [-0.1, -0.05) is 0 Å². The fourth-order valence-corrected chi connectivity index (χ4v) is 1.87. The largest absolute Gasteiger partial charge is 0.381 e. The van der Waals surface area contributed by atoms with E-state index in [2.05, 4.69) is 15.2 Å². The molecule has 0 spiro atoms. The van der Waals surface area contributed by atoms with Crippen LogP contribution in [0, 0.1) is 0 Å². The molecule has 0 bridgehead atoms. The van der Waals surface area contributed by atoms with Gasteiger partial charge in [-0.25, -0.2) is 0 Å². The summed E-state index contributed by atoms with van der Waals surface area (Å²) >= 11 is 0. The zero-order valence-electron chi connectivity index (χ0n) is 8.01. The van der Waals surface area contributed by atoms with E-state index in [1.807, 2.05) is 0 Å². The highest BCUT2D eigenvalue weighted by atomic mass is 16.5. The summed E-state index contributed by atoms with van der Waals surface area (Å²) in [6.07, 6.45) is 4.30. The van der Waals surface area contributed by atoms with Gasteiger partial charge in [-0.15, -0.1) is 10.2 Å². The first-order chi connectivity index (χ1) is 7.36. The Morgan fingerprint density at radius 1 is 1.53 bits per heavy atom. The average Bonchev–Trinajstić information content (AvgIpc) is 2.85. The highest BCUT2D eigenvalue weighted by Crippen LogP contribution is 2.22. The van der Waals surface area contributed by atoms with Crippen LogP contribution in [-0.2, 0) is 4.74 Å². The molecular weight excluding hydrogens is 196 g/mol. The highest BCUT2D eigenvalue weighted by Gasteiger charge is 2.23. The van der Waals surface area contributed by atoms with Gasteiger partial charge in [0.15, 0.2) is 0 Å². The average molecular weight is 206 g/mol. The predicted octanol–water partition coefficient (Wildman–Crippen LogP) is -0.0785. The Hall–Kier alpha value is -1.69. The number of hydrogen-bond donors (Lipinski definition) is 1. The first-order valence-corrected chi connectivity index (χ1v) is 4.86. The molecule has 3 rings (SSSR count). The Bertz CT molecular complexity index is 538. The van der Waals surface area contributed by atoms with Crippen molar-refractivity contribution in [2.75, 3.05) is 13.2 Å². The molecule has 2 aromatic heterocycles. The smallest absolute Gasteiger partial charge is 0.293 e. The molecule has 1 N–H and O–H groups in total. The molecule has 1 aliphatic rings. The van der Waals surface area contributed by atoms with Gasteiger partial charge in [-0.05, 0) is 6.42 Å². The second-order valence-electron chi connectivity index (χ2n) is 3.60. The van der Waals surface area contributed by atoms with Crippen molar-refractivity contribution in [2.45, 2.75) is 12.3 Å². The van der Waals surface area contributed by atoms with Gasteiger partial charge in [0.05, 0.1) is 6.61 Å². The van der Waals surface area contributed by atoms with Crippen molar-refractivity contribution >= 4 is 5.65 Å². The zero-order valence-corrected chi connectivity index (χ0v) is 8.01. The van der Waals surface area contributed by atoms with Gasteiger partial charge >= 0.3 is 0 Å². The fraction of sp³-hybridized carbons (Fsp3) is 0.444. The van der Waals surface area contributed by atoms with Gasteiger partial charge in [0.2, 0.25) is 5.65 Å². The molecule has 3 heterocycles. The molecule has 0 radical (unpaired) electrons. The topological polar surface area (TPSA) is 72.3 Å². The van der Waals surface area contributed by atoms with Gasteiger partial charge < -0.3 is 9.72 Å². The number of aromatic amines is 1. The molecule has 15 heavy (non-hydrogen) atoms. The maximum absolute atomic E-state index is 11.4. The van der Waals surface area contributed by atoms with Crippen LogP contribution in [0.4, 0.5) is 0 Å². The third-order valence-corrected chi connectivity index (χ3v) is 2.66. The summed E-state index contributed by atoms with van der Waals surface area (Å²) in [7, 11) is 0. The van der Waals surface area contributed by atoms with Crippen molar-refractivity contribution in [3.63, 3.8) is 0 Å². The Morgan fingerprint density at radius 3 is 3.27 bits per heavy atom. The SMILES string of the molecule is O=c1[nH]ccn2c(C3CCOC3)nnc12. The van der Waals surface area contributed by atoms with Gasteiger partial charge in [0, 0.05) is 24.9 Å². The Labute approximate surface area is 84.9 Å². The summed E-state index contributed by atoms with van der Waals surface area (Å²) < 4.78 is 7.03. The Morgan fingerprint density at radius 2 is 2.47 bits per heavy atom. The van der Waals surface area contributed by atoms with E-state index in [0.29, 0.717) is 12.3 Å². The minimum Gasteiger partial charge on any atom is -0.381 e. The summed E-state index contributed by atoms with van der Waals surface area (Å²) in [6, 6.07) is 0. The monoisotopic (exact) mass is 206 g/mol. The van der Waals surface area contributed by atoms with Crippen LogP contribution in [-0.4, -0.2) is 32.8 Å². The van der Waals surface area contributed by atoms with Crippen molar-refractivity contribution in [1.82, 2.24) is 19.6 Å². The maximum atomic E-state index is 11.4. The molecule has 6 nitrogen and oxygen atoms in total. The van der Waals surface area contributed by atoms with E-state index in [4.69, 9.17) is 4.74 Å². The molecular formula is C9H10N4O2. The van der Waals surface area contributed by atoms with Crippen molar-refractivity contribution in [3.8, 4) is 0 Å². The molecule has 0 aliphatic carbocycles. The molecule has 0 amide bonds. The number of fused-ring (bicyclic) bond motifs is 1. The molecule has 1 unspecified atom stereocenters. The van der Waals surface area contributed by atoms with Crippen molar-refractivity contribution < 1.29 is 4.74 Å². The van der Waals surface area contributed by atoms with Crippen LogP contribution >= 0.6 is 0 Å². The molecule has 0 aromatic carbocycles. The summed E-state index contributed by atoms with van der Waals surface area (Å²) in [5, 5.41) is 7.93. The van der Waals surface area contributed by atoms with Crippen LogP contribution in [0.5, 0.6) is 0 Å². The number of nitrogens with one attached hydrogen (secondary N) is 1. The van der Waals surface area contributed by atoms with Crippen molar-refractivity contribution in [1.29, 1.82) is 0 Å². The minimum atomic E-state index is -0.213. The second kappa shape index (κ2) is 3.16. The molecule has 1 saturated heterocycles. The van der Waals surface area contributed by atoms with Crippen LogP contribution in [0.15, 0.2) is 17.2 Å². The molecule has 1 aliphatic heterocycles. The third kappa shape index (κ3) is 1.25. The van der Waals surface area contributed by atoms with Gasteiger partial charge in [0.25, 0.3) is 5.56 Å². The van der Waals surface area contributed by atoms with Gasteiger partial charge in [0.1, 0.15) is 5.82 Å². The van der Waals surface area contributed by atoms with E-state index in [9.17, 15) is 4.79 Å². The molecule has 0 saturated carbocycles. The summed E-state index contributed by atoms with van der Waals surface area (Å²) in [6.45, 7) is 1.41. The minimum absolute atomic E-state index is 0.213. The number of nitrogens with zero attached hydrogens (tertiary/aromatic N) is 3. The van der Waals surface area contributed by atoms with Crippen LogP contribution in [0.1, 0.15) is 18.2 Å². The van der Waals surface area contributed by atoms with E-state index in [-0.39, 0.29) is 11.5 Å². The van der Waals surface area contributed by atoms with E-state index in [0.717, 1.165) is 18.9 Å². The quantitative estimate of drug-likeness (QED) is 0.708.